The summed E-state index contributed by atoms with van der Waals surface area (Å²) >= 11 is 1.95. The van der Waals surface area contributed by atoms with E-state index in [-0.39, 0.29) is 11.9 Å². The molecule has 116 valence electrons. The molecule has 1 amide bonds. The van der Waals surface area contributed by atoms with Gasteiger partial charge in [-0.1, -0.05) is 30.3 Å². The van der Waals surface area contributed by atoms with Crippen molar-refractivity contribution in [1.82, 2.24) is 5.32 Å². The quantitative estimate of drug-likeness (QED) is 0.848. The molecule has 1 aliphatic carbocycles. The first kappa shape index (κ1) is 16.4. The predicted octanol–water partition coefficient (Wildman–Crippen LogP) is 3.26. The van der Waals surface area contributed by atoms with Crippen molar-refractivity contribution in [2.45, 2.75) is 55.9 Å². The summed E-state index contributed by atoms with van der Waals surface area (Å²) in [6.07, 6.45) is 8.05. The number of nitrogens with one attached hydrogen (secondary N) is 1. The number of benzene rings is 1. The minimum absolute atomic E-state index is 0.0517. The predicted molar refractivity (Wildman–Crippen MR) is 90.3 cm³/mol. The average Bonchev–Trinajstić information content (AvgIpc) is 2.54. The van der Waals surface area contributed by atoms with Crippen molar-refractivity contribution in [2.75, 3.05) is 6.26 Å². The maximum atomic E-state index is 12.0. The molecule has 2 rings (SSSR count). The molecule has 1 atom stereocenters. The lowest BCUT2D eigenvalue weighted by Crippen LogP contribution is -2.38. The number of hydrogen-bond acceptors (Lipinski definition) is 3. The van der Waals surface area contributed by atoms with Gasteiger partial charge in [0.25, 0.3) is 0 Å². The minimum atomic E-state index is -0.0517. The van der Waals surface area contributed by atoms with E-state index >= 15 is 0 Å². The van der Waals surface area contributed by atoms with E-state index in [1.54, 1.807) is 0 Å². The van der Waals surface area contributed by atoms with E-state index < -0.39 is 0 Å². The van der Waals surface area contributed by atoms with E-state index in [1.807, 2.05) is 42.1 Å². The summed E-state index contributed by atoms with van der Waals surface area (Å²) in [5.74, 6) is 0.147. The molecular formula is C17H26N2OS. The molecule has 1 fully saturated rings. The molecule has 3 nitrogen and oxygen atoms in total. The summed E-state index contributed by atoms with van der Waals surface area (Å²) in [7, 11) is 0. The van der Waals surface area contributed by atoms with Crippen molar-refractivity contribution in [3.05, 3.63) is 35.9 Å². The van der Waals surface area contributed by atoms with Crippen LogP contribution in [0.1, 0.15) is 50.1 Å². The van der Waals surface area contributed by atoms with Crippen LogP contribution >= 0.6 is 11.8 Å². The zero-order valence-electron chi connectivity index (χ0n) is 12.8. The number of amides is 1. The Morgan fingerprint density at radius 3 is 2.57 bits per heavy atom. The number of nitrogens with two attached hydrogens (primary N) is 1. The van der Waals surface area contributed by atoms with Crippen molar-refractivity contribution in [2.24, 2.45) is 5.73 Å². The van der Waals surface area contributed by atoms with Crippen LogP contribution in [0.25, 0.3) is 0 Å². The first-order valence-electron chi connectivity index (χ1n) is 7.81. The van der Waals surface area contributed by atoms with Crippen LogP contribution < -0.4 is 11.1 Å². The number of rotatable bonds is 6. The van der Waals surface area contributed by atoms with Crippen molar-refractivity contribution in [1.29, 1.82) is 0 Å². The number of hydrogen-bond donors (Lipinski definition) is 2. The molecule has 1 saturated carbocycles. The lowest BCUT2D eigenvalue weighted by Gasteiger charge is -2.28. The summed E-state index contributed by atoms with van der Waals surface area (Å²) in [4.78, 5) is 12.0. The Labute approximate surface area is 132 Å². The van der Waals surface area contributed by atoms with E-state index in [0.29, 0.717) is 18.9 Å². The van der Waals surface area contributed by atoms with Crippen LogP contribution in [0.4, 0.5) is 0 Å². The zero-order chi connectivity index (χ0) is 15.1. The smallest absolute Gasteiger partial charge is 0.220 e. The fraction of sp³-hybridized carbons (Fsp3) is 0.588. The zero-order valence-corrected chi connectivity index (χ0v) is 13.6. The summed E-state index contributed by atoms with van der Waals surface area (Å²) < 4.78 is 0. The molecule has 0 spiro atoms. The van der Waals surface area contributed by atoms with Gasteiger partial charge in [-0.3, -0.25) is 4.79 Å². The Bertz CT molecular complexity index is 430. The maximum absolute atomic E-state index is 12.0. The highest BCUT2D eigenvalue weighted by atomic mass is 32.2. The second-order valence-electron chi connectivity index (χ2n) is 5.83. The van der Waals surface area contributed by atoms with Gasteiger partial charge in [-0.15, -0.1) is 0 Å². The average molecular weight is 306 g/mol. The van der Waals surface area contributed by atoms with Gasteiger partial charge in [0.2, 0.25) is 5.91 Å². The summed E-state index contributed by atoms with van der Waals surface area (Å²) in [5, 5.41) is 3.95. The number of carbonyl (C=O) groups is 1. The molecule has 3 N–H and O–H groups in total. The third-order valence-corrected chi connectivity index (χ3v) is 5.42. The molecule has 0 bridgehead atoms. The summed E-state index contributed by atoms with van der Waals surface area (Å²) in [6, 6.07) is 10.3. The van der Waals surface area contributed by atoms with Crippen LogP contribution in [-0.4, -0.2) is 23.5 Å². The molecule has 0 heterocycles. The molecule has 4 heteroatoms. The fourth-order valence-electron chi connectivity index (χ4n) is 2.90. The third-order valence-electron chi connectivity index (χ3n) is 4.28. The Morgan fingerprint density at radius 1 is 1.29 bits per heavy atom. The molecular weight excluding hydrogens is 280 g/mol. The standard InChI is InChI=1S/C17H26N2OS/c1-21-15-9-7-14(8-10-15)19-17(20)12-11-16(18)13-5-3-2-4-6-13/h2-6,14-16H,7-12,18H2,1H3,(H,19,20). The van der Waals surface area contributed by atoms with Crippen molar-refractivity contribution in [3.63, 3.8) is 0 Å². The lowest BCUT2D eigenvalue weighted by molar-refractivity contribution is -0.122. The topological polar surface area (TPSA) is 55.1 Å². The maximum Gasteiger partial charge on any atom is 0.220 e. The van der Waals surface area contributed by atoms with Gasteiger partial charge in [-0.25, -0.2) is 0 Å². The molecule has 21 heavy (non-hydrogen) atoms. The van der Waals surface area contributed by atoms with Crippen molar-refractivity contribution in [3.8, 4) is 0 Å². The van der Waals surface area contributed by atoms with Gasteiger partial charge >= 0.3 is 0 Å². The Hall–Kier alpha value is -1.00. The molecule has 1 aromatic rings. The molecule has 0 saturated heterocycles. The number of thioether (sulfide) groups is 1. The largest absolute Gasteiger partial charge is 0.353 e. The van der Waals surface area contributed by atoms with E-state index in [0.717, 1.165) is 23.7 Å². The van der Waals surface area contributed by atoms with Gasteiger partial charge in [0.15, 0.2) is 0 Å². The Balaban J connectivity index is 1.68. The highest BCUT2D eigenvalue weighted by Crippen LogP contribution is 2.27. The van der Waals surface area contributed by atoms with E-state index in [2.05, 4.69) is 11.6 Å². The summed E-state index contributed by atoms with van der Waals surface area (Å²) in [5.41, 5.74) is 7.23. The van der Waals surface area contributed by atoms with Crippen LogP contribution in [0.3, 0.4) is 0 Å². The molecule has 1 unspecified atom stereocenters. The highest BCUT2D eigenvalue weighted by molar-refractivity contribution is 7.99. The number of carbonyl (C=O) groups excluding carboxylic acids is 1. The highest BCUT2D eigenvalue weighted by Gasteiger charge is 2.21. The second kappa shape index (κ2) is 8.44. The second-order valence-corrected chi connectivity index (χ2v) is 6.97. The Morgan fingerprint density at radius 2 is 1.95 bits per heavy atom. The van der Waals surface area contributed by atoms with Gasteiger partial charge in [0.1, 0.15) is 0 Å². The van der Waals surface area contributed by atoms with Crippen molar-refractivity contribution >= 4 is 17.7 Å². The molecule has 1 aromatic carbocycles. The van der Waals surface area contributed by atoms with E-state index in [4.69, 9.17) is 5.73 Å². The van der Waals surface area contributed by atoms with Gasteiger partial charge in [0.05, 0.1) is 0 Å². The molecule has 1 aliphatic rings. The fourth-order valence-corrected chi connectivity index (χ4v) is 3.64. The molecule has 0 radical (unpaired) electrons. The van der Waals surface area contributed by atoms with Crippen LogP contribution in [0.15, 0.2) is 30.3 Å². The Kier molecular flexibility index (Phi) is 6.58. The monoisotopic (exact) mass is 306 g/mol. The van der Waals surface area contributed by atoms with Crippen LogP contribution in [0, 0.1) is 0 Å². The van der Waals surface area contributed by atoms with Gasteiger partial charge in [0, 0.05) is 23.8 Å². The molecule has 0 aliphatic heterocycles. The van der Waals surface area contributed by atoms with Crippen LogP contribution in [-0.2, 0) is 4.79 Å². The van der Waals surface area contributed by atoms with Gasteiger partial charge in [-0.2, -0.15) is 11.8 Å². The van der Waals surface area contributed by atoms with Gasteiger partial charge < -0.3 is 11.1 Å². The summed E-state index contributed by atoms with van der Waals surface area (Å²) in [6.45, 7) is 0. The van der Waals surface area contributed by atoms with Crippen molar-refractivity contribution < 1.29 is 4.79 Å². The SMILES string of the molecule is CSC1CCC(NC(=O)CCC(N)c2ccccc2)CC1. The first-order chi connectivity index (χ1) is 10.2. The minimum Gasteiger partial charge on any atom is -0.353 e. The molecule has 0 aromatic heterocycles. The third kappa shape index (κ3) is 5.36. The normalized spacial score (nSPS) is 23.5. The van der Waals surface area contributed by atoms with Gasteiger partial charge in [-0.05, 0) is 43.9 Å². The van der Waals surface area contributed by atoms with Crippen LogP contribution in [0.5, 0.6) is 0 Å². The van der Waals surface area contributed by atoms with E-state index in [1.165, 1.54) is 12.8 Å². The first-order valence-corrected chi connectivity index (χ1v) is 9.10. The lowest BCUT2D eigenvalue weighted by atomic mass is 9.94. The van der Waals surface area contributed by atoms with Crippen LogP contribution in [0.2, 0.25) is 0 Å². The van der Waals surface area contributed by atoms with E-state index in [9.17, 15) is 4.79 Å².